The molecule has 1 aliphatic rings. The fraction of sp³-hybridized carbons (Fsp3) is 0.458. The van der Waals surface area contributed by atoms with E-state index in [9.17, 15) is 4.79 Å². The van der Waals surface area contributed by atoms with E-state index < -0.39 is 6.10 Å². The molecule has 0 bridgehead atoms. The molecule has 4 heteroatoms. The molecule has 1 amide bonds. The Bertz CT molecular complexity index is 751. The normalized spacial score (nSPS) is 15.8. The van der Waals surface area contributed by atoms with Crippen molar-refractivity contribution in [3.63, 3.8) is 0 Å². The van der Waals surface area contributed by atoms with Crippen molar-refractivity contribution in [2.45, 2.75) is 58.7 Å². The number of hydrogen-bond acceptors (Lipinski definition) is 3. The van der Waals surface area contributed by atoms with Crippen LogP contribution in [-0.2, 0) is 17.9 Å². The van der Waals surface area contributed by atoms with Gasteiger partial charge < -0.3 is 10.1 Å². The van der Waals surface area contributed by atoms with Crippen LogP contribution in [0.1, 0.15) is 49.3 Å². The van der Waals surface area contributed by atoms with Gasteiger partial charge in [0.2, 0.25) is 0 Å². The van der Waals surface area contributed by atoms with Gasteiger partial charge in [-0.1, -0.05) is 55.8 Å². The molecule has 0 aliphatic carbocycles. The molecule has 1 heterocycles. The number of amides is 1. The number of carbonyl (C=O) groups excluding carboxylic acids is 1. The maximum Gasteiger partial charge on any atom is 0.261 e. The Balaban J connectivity index is 1.49. The van der Waals surface area contributed by atoms with Crippen LogP contribution in [0.15, 0.2) is 48.5 Å². The molecule has 1 aliphatic heterocycles. The van der Waals surface area contributed by atoms with Gasteiger partial charge in [-0.2, -0.15) is 0 Å². The summed E-state index contributed by atoms with van der Waals surface area (Å²) >= 11 is 0. The Labute approximate surface area is 168 Å². The third-order valence-electron chi connectivity index (χ3n) is 5.37. The zero-order valence-electron chi connectivity index (χ0n) is 17.1. The molecular weight excluding hydrogens is 348 g/mol. The fourth-order valence-corrected chi connectivity index (χ4v) is 3.61. The molecular formula is C24H32N2O2. The summed E-state index contributed by atoms with van der Waals surface area (Å²) in [4.78, 5) is 15.1. The van der Waals surface area contributed by atoms with E-state index in [0.29, 0.717) is 13.0 Å². The first-order valence-corrected chi connectivity index (χ1v) is 10.5. The molecule has 3 rings (SSSR count). The number of para-hydroxylation sites is 1. The van der Waals surface area contributed by atoms with Crippen LogP contribution in [-0.4, -0.2) is 30.0 Å². The van der Waals surface area contributed by atoms with E-state index in [1.165, 1.54) is 37.9 Å². The molecule has 0 unspecified atom stereocenters. The second-order valence-corrected chi connectivity index (χ2v) is 7.65. The molecule has 1 atom stereocenters. The Hall–Kier alpha value is -2.33. The first kappa shape index (κ1) is 20.4. The number of benzene rings is 2. The van der Waals surface area contributed by atoms with Gasteiger partial charge in [0, 0.05) is 13.1 Å². The van der Waals surface area contributed by atoms with Crippen LogP contribution in [0, 0.1) is 6.92 Å². The summed E-state index contributed by atoms with van der Waals surface area (Å²) in [5.74, 6) is 0.703. The number of rotatable bonds is 8. The Morgan fingerprint density at radius 2 is 1.71 bits per heavy atom. The molecule has 2 aromatic carbocycles. The third kappa shape index (κ3) is 5.83. The molecule has 1 N–H and O–H groups in total. The lowest BCUT2D eigenvalue weighted by Crippen LogP contribution is -2.37. The first-order chi connectivity index (χ1) is 13.7. The van der Waals surface area contributed by atoms with Crippen molar-refractivity contribution in [2.24, 2.45) is 0 Å². The van der Waals surface area contributed by atoms with Gasteiger partial charge >= 0.3 is 0 Å². The summed E-state index contributed by atoms with van der Waals surface area (Å²) in [6.45, 7) is 7.92. The standard InChI is InChI=1S/C24H32N2O2/c1-3-22(28-23-10-6-5-9-19(23)2)24(27)25-17-20-11-13-21(14-12-20)18-26-15-7-4-8-16-26/h5-6,9-14,22H,3-4,7-8,15-18H2,1-2H3,(H,25,27)/t22-/m1/s1. The summed E-state index contributed by atoms with van der Waals surface area (Å²) in [5, 5.41) is 3.02. The number of hydrogen-bond donors (Lipinski definition) is 1. The maximum atomic E-state index is 12.6. The van der Waals surface area contributed by atoms with Crippen molar-refractivity contribution in [1.29, 1.82) is 0 Å². The van der Waals surface area contributed by atoms with E-state index in [0.717, 1.165) is 23.4 Å². The minimum absolute atomic E-state index is 0.0665. The smallest absolute Gasteiger partial charge is 0.261 e. The molecule has 2 aromatic rings. The highest BCUT2D eigenvalue weighted by molar-refractivity contribution is 5.81. The van der Waals surface area contributed by atoms with Gasteiger partial charge in [0.15, 0.2) is 6.10 Å². The predicted molar refractivity (Wildman–Crippen MR) is 113 cm³/mol. The Morgan fingerprint density at radius 1 is 1.04 bits per heavy atom. The van der Waals surface area contributed by atoms with Gasteiger partial charge in [-0.3, -0.25) is 9.69 Å². The number of nitrogens with zero attached hydrogens (tertiary/aromatic N) is 1. The summed E-state index contributed by atoms with van der Waals surface area (Å²) < 4.78 is 5.93. The van der Waals surface area contributed by atoms with Crippen LogP contribution in [0.4, 0.5) is 0 Å². The minimum atomic E-state index is -0.473. The Morgan fingerprint density at radius 3 is 2.39 bits per heavy atom. The van der Waals surface area contributed by atoms with E-state index in [4.69, 9.17) is 4.74 Å². The molecule has 4 nitrogen and oxygen atoms in total. The van der Waals surface area contributed by atoms with Crippen molar-refractivity contribution < 1.29 is 9.53 Å². The molecule has 0 spiro atoms. The highest BCUT2D eigenvalue weighted by Gasteiger charge is 2.18. The molecule has 0 aromatic heterocycles. The number of ether oxygens (including phenoxy) is 1. The zero-order chi connectivity index (χ0) is 19.8. The van der Waals surface area contributed by atoms with E-state index in [-0.39, 0.29) is 5.91 Å². The predicted octanol–water partition coefficient (Wildman–Crippen LogP) is 4.45. The van der Waals surface area contributed by atoms with E-state index in [2.05, 4.69) is 34.5 Å². The van der Waals surface area contributed by atoms with E-state index >= 15 is 0 Å². The van der Waals surface area contributed by atoms with Crippen LogP contribution in [0.5, 0.6) is 5.75 Å². The van der Waals surface area contributed by atoms with Crippen LogP contribution in [0.2, 0.25) is 0 Å². The molecule has 150 valence electrons. The van der Waals surface area contributed by atoms with Gasteiger partial charge in [0.1, 0.15) is 5.75 Å². The van der Waals surface area contributed by atoms with E-state index in [1.54, 1.807) is 0 Å². The molecule has 1 saturated heterocycles. The quantitative estimate of drug-likeness (QED) is 0.735. The van der Waals surface area contributed by atoms with Crippen molar-refractivity contribution in [3.05, 3.63) is 65.2 Å². The summed E-state index contributed by atoms with van der Waals surface area (Å²) in [7, 11) is 0. The van der Waals surface area contributed by atoms with Gasteiger partial charge in [-0.05, 0) is 62.0 Å². The van der Waals surface area contributed by atoms with Crippen LogP contribution in [0.25, 0.3) is 0 Å². The monoisotopic (exact) mass is 380 g/mol. The average Bonchev–Trinajstić information content (AvgIpc) is 2.73. The van der Waals surface area contributed by atoms with Crippen LogP contribution < -0.4 is 10.1 Å². The zero-order valence-corrected chi connectivity index (χ0v) is 17.1. The number of nitrogens with one attached hydrogen (secondary N) is 1. The van der Waals surface area contributed by atoms with Crippen molar-refractivity contribution in [3.8, 4) is 5.75 Å². The summed E-state index contributed by atoms with van der Waals surface area (Å²) in [5.41, 5.74) is 3.49. The minimum Gasteiger partial charge on any atom is -0.480 e. The highest BCUT2D eigenvalue weighted by atomic mass is 16.5. The second kappa shape index (κ2) is 10.3. The molecule has 28 heavy (non-hydrogen) atoms. The van der Waals surface area contributed by atoms with Gasteiger partial charge in [-0.25, -0.2) is 0 Å². The number of piperidine rings is 1. The highest BCUT2D eigenvalue weighted by Crippen LogP contribution is 2.19. The fourth-order valence-electron chi connectivity index (χ4n) is 3.61. The number of aryl methyl sites for hydroxylation is 1. The van der Waals surface area contributed by atoms with Gasteiger partial charge in [-0.15, -0.1) is 0 Å². The largest absolute Gasteiger partial charge is 0.480 e. The summed E-state index contributed by atoms with van der Waals surface area (Å²) in [6.07, 6.45) is 4.15. The van der Waals surface area contributed by atoms with Crippen molar-refractivity contribution in [1.82, 2.24) is 10.2 Å². The topological polar surface area (TPSA) is 41.6 Å². The second-order valence-electron chi connectivity index (χ2n) is 7.65. The van der Waals surface area contributed by atoms with E-state index in [1.807, 2.05) is 38.1 Å². The lowest BCUT2D eigenvalue weighted by molar-refractivity contribution is -0.128. The maximum absolute atomic E-state index is 12.6. The van der Waals surface area contributed by atoms with Crippen molar-refractivity contribution in [2.75, 3.05) is 13.1 Å². The molecule has 0 saturated carbocycles. The van der Waals surface area contributed by atoms with Gasteiger partial charge in [0.25, 0.3) is 5.91 Å². The SMILES string of the molecule is CC[C@@H](Oc1ccccc1C)C(=O)NCc1ccc(CN2CCCCC2)cc1. The van der Waals surface area contributed by atoms with Crippen molar-refractivity contribution >= 4 is 5.91 Å². The molecule has 1 fully saturated rings. The first-order valence-electron chi connectivity index (χ1n) is 10.5. The lowest BCUT2D eigenvalue weighted by Gasteiger charge is -2.26. The number of likely N-dealkylation sites (tertiary alicyclic amines) is 1. The van der Waals surface area contributed by atoms with Crippen LogP contribution in [0.3, 0.4) is 0 Å². The van der Waals surface area contributed by atoms with Gasteiger partial charge in [0.05, 0.1) is 0 Å². The Kier molecular flexibility index (Phi) is 7.49. The molecule has 0 radical (unpaired) electrons. The lowest BCUT2D eigenvalue weighted by atomic mass is 10.1. The number of carbonyl (C=O) groups is 1. The average molecular weight is 381 g/mol. The third-order valence-corrected chi connectivity index (χ3v) is 5.37. The summed E-state index contributed by atoms with van der Waals surface area (Å²) in [6, 6.07) is 16.4. The van der Waals surface area contributed by atoms with Crippen LogP contribution >= 0.6 is 0 Å².